The first-order valence-corrected chi connectivity index (χ1v) is 7.19. The van der Waals surface area contributed by atoms with Gasteiger partial charge in [-0.15, -0.1) is 0 Å². The first-order valence-electron chi connectivity index (χ1n) is 6.81. The highest BCUT2D eigenvalue weighted by molar-refractivity contribution is 6.30. The van der Waals surface area contributed by atoms with Gasteiger partial charge < -0.3 is 10.0 Å². The predicted octanol–water partition coefficient (Wildman–Crippen LogP) is 3.50. The maximum absolute atomic E-state index is 10.2. The first kappa shape index (κ1) is 13.9. The van der Waals surface area contributed by atoms with Gasteiger partial charge in [-0.3, -0.25) is 0 Å². The molecule has 0 spiro atoms. The molecule has 100 valence electrons. The number of piperidine rings is 1. The standard InChI is InChI=1S/C15H22ClNO/c1-12-4-3-8-17(11-12)9-7-15(18)13-5-2-6-14(16)10-13/h2,5-6,10,12,15,18H,3-4,7-9,11H2,1H3. The second kappa shape index (κ2) is 6.55. The van der Waals surface area contributed by atoms with Gasteiger partial charge in [-0.05, 0) is 49.4 Å². The van der Waals surface area contributed by atoms with Crippen LogP contribution in [0.15, 0.2) is 24.3 Å². The molecule has 1 aromatic rings. The van der Waals surface area contributed by atoms with Gasteiger partial charge in [-0.1, -0.05) is 30.7 Å². The number of hydrogen-bond donors (Lipinski definition) is 1. The van der Waals surface area contributed by atoms with E-state index in [0.717, 1.165) is 24.4 Å². The summed E-state index contributed by atoms with van der Waals surface area (Å²) in [5.74, 6) is 0.794. The molecule has 1 fully saturated rings. The smallest absolute Gasteiger partial charge is 0.0802 e. The van der Waals surface area contributed by atoms with Crippen molar-refractivity contribution in [3.8, 4) is 0 Å². The second-order valence-corrected chi connectivity index (χ2v) is 5.84. The number of hydrogen-bond acceptors (Lipinski definition) is 2. The third-order valence-electron chi connectivity index (χ3n) is 3.69. The van der Waals surface area contributed by atoms with Gasteiger partial charge in [-0.25, -0.2) is 0 Å². The molecule has 1 aliphatic rings. The monoisotopic (exact) mass is 267 g/mol. The molecule has 0 radical (unpaired) electrons. The maximum Gasteiger partial charge on any atom is 0.0802 e. The van der Waals surface area contributed by atoms with Crippen LogP contribution in [0.2, 0.25) is 5.02 Å². The Morgan fingerprint density at radius 2 is 2.33 bits per heavy atom. The van der Waals surface area contributed by atoms with Crippen molar-refractivity contribution in [2.45, 2.75) is 32.3 Å². The topological polar surface area (TPSA) is 23.5 Å². The number of aliphatic hydroxyl groups is 1. The van der Waals surface area contributed by atoms with E-state index in [1.54, 1.807) is 0 Å². The Hall–Kier alpha value is -0.570. The summed E-state index contributed by atoms with van der Waals surface area (Å²) in [5.41, 5.74) is 0.924. The normalized spacial score (nSPS) is 22.9. The number of rotatable bonds is 4. The molecule has 0 bridgehead atoms. The number of likely N-dealkylation sites (tertiary alicyclic amines) is 1. The molecule has 18 heavy (non-hydrogen) atoms. The number of aliphatic hydroxyl groups excluding tert-OH is 1. The number of benzene rings is 1. The maximum atomic E-state index is 10.2. The van der Waals surface area contributed by atoms with Crippen molar-refractivity contribution in [3.63, 3.8) is 0 Å². The lowest BCUT2D eigenvalue weighted by Gasteiger charge is -2.31. The molecule has 0 aliphatic carbocycles. The number of nitrogens with zero attached hydrogens (tertiary/aromatic N) is 1. The van der Waals surface area contributed by atoms with Crippen molar-refractivity contribution >= 4 is 11.6 Å². The van der Waals surface area contributed by atoms with Crippen LogP contribution in [0.4, 0.5) is 0 Å². The Kier molecular flexibility index (Phi) is 5.04. The SMILES string of the molecule is CC1CCCN(CCC(O)c2cccc(Cl)c2)C1. The van der Waals surface area contributed by atoms with Crippen LogP contribution in [-0.4, -0.2) is 29.6 Å². The largest absolute Gasteiger partial charge is 0.388 e. The van der Waals surface area contributed by atoms with E-state index in [0.29, 0.717) is 5.02 Å². The third-order valence-corrected chi connectivity index (χ3v) is 3.93. The van der Waals surface area contributed by atoms with Crippen LogP contribution in [0.5, 0.6) is 0 Å². The summed E-state index contributed by atoms with van der Waals surface area (Å²) in [7, 11) is 0. The van der Waals surface area contributed by atoms with Crippen LogP contribution in [0.25, 0.3) is 0 Å². The molecule has 0 aromatic heterocycles. The average Bonchev–Trinajstić information content (AvgIpc) is 2.36. The molecule has 2 nitrogen and oxygen atoms in total. The Balaban J connectivity index is 1.82. The third kappa shape index (κ3) is 3.98. The van der Waals surface area contributed by atoms with Crippen molar-refractivity contribution < 1.29 is 5.11 Å². The summed E-state index contributed by atoms with van der Waals surface area (Å²) in [6.07, 6.45) is 3.01. The zero-order valence-electron chi connectivity index (χ0n) is 11.0. The minimum absolute atomic E-state index is 0.402. The Morgan fingerprint density at radius 1 is 1.50 bits per heavy atom. The van der Waals surface area contributed by atoms with E-state index in [4.69, 9.17) is 11.6 Å². The van der Waals surface area contributed by atoms with Crippen LogP contribution >= 0.6 is 11.6 Å². The fourth-order valence-electron chi connectivity index (χ4n) is 2.68. The van der Waals surface area contributed by atoms with Crippen LogP contribution in [0.3, 0.4) is 0 Å². The van der Waals surface area contributed by atoms with Gasteiger partial charge in [0.1, 0.15) is 0 Å². The molecular weight excluding hydrogens is 246 g/mol. The lowest BCUT2D eigenvalue weighted by Crippen LogP contribution is -2.35. The molecule has 2 unspecified atom stereocenters. The molecule has 1 saturated heterocycles. The highest BCUT2D eigenvalue weighted by Gasteiger charge is 2.17. The second-order valence-electron chi connectivity index (χ2n) is 5.41. The zero-order chi connectivity index (χ0) is 13.0. The summed E-state index contributed by atoms with van der Waals surface area (Å²) in [4.78, 5) is 2.46. The highest BCUT2D eigenvalue weighted by atomic mass is 35.5. The lowest BCUT2D eigenvalue weighted by atomic mass is 9.99. The molecule has 1 heterocycles. The molecular formula is C15H22ClNO. The van der Waals surface area contributed by atoms with Gasteiger partial charge in [0.25, 0.3) is 0 Å². The van der Waals surface area contributed by atoms with E-state index in [9.17, 15) is 5.11 Å². The van der Waals surface area contributed by atoms with E-state index in [1.165, 1.54) is 25.9 Å². The van der Waals surface area contributed by atoms with Crippen LogP contribution in [0, 0.1) is 5.92 Å². The summed E-state index contributed by atoms with van der Waals surface area (Å²) < 4.78 is 0. The minimum Gasteiger partial charge on any atom is -0.388 e. The molecule has 1 aliphatic heterocycles. The molecule has 0 amide bonds. The van der Waals surface area contributed by atoms with Crippen molar-refractivity contribution in [1.82, 2.24) is 4.90 Å². The predicted molar refractivity (Wildman–Crippen MR) is 75.9 cm³/mol. The molecule has 2 atom stereocenters. The summed E-state index contributed by atoms with van der Waals surface area (Å²) in [6.45, 7) is 5.62. The van der Waals surface area contributed by atoms with Crippen LogP contribution < -0.4 is 0 Å². The summed E-state index contributed by atoms with van der Waals surface area (Å²) >= 11 is 5.94. The fraction of sp³-hybridized carbons (Fsp3) is 0.600. The van der Waals surface area contributed by atoms with Crippen molar-refractivity contribution in [1.29, 1.82) is 0 Å². The lowest BCUT2D eigenvalue weighted by molar-refractivity contribution is 0.122. The fourth-order valence-corrected chi connectivity index (χ4v) is 2.87. The molecule has 0 saturated carbocycles. The van der Waals surface area contributed by atoms with Gasteiger partial charge in [0.15, 0.2) is 0 Å². The molecule has 1 N–H and O–H groups in total. The van der Waals surface area contributed by atoms with E-state index < -0.39 is 6.10 Å². The zero-order valence-corrected chi connectivity index (χ0v) is 11.7. The van der Waals surface area contributed by atoms with E-state index >= 15 is 0 Å². The summed E-state index contributed by atoms with van der Waals surface area (Å²) in [5, 5.41) is 10.8. The Bertz CT molecular complexity index is 383. The Labute approximate surface area is 115 Å². The van der Waals surface area contributed by atoms with Crippen molar-refractivity contribution in [2.24, 2.45) is 5.92 Å². The molecule has 1 aromatic carbocycles. The van der Waals surface area contributed by atoms with Gasteiger partial charge in [0, 0.05) is 18.1 Å². The van der Waals surface area contributed by atoms with Crippen molar-refractivity contribution in [2.75, 3.05) is 19.6 Å². The minimum atomic E-state index is -0.402. The van der Waals surface area contributed by atoms with Gasteiger partial charge in [-0.2, -0.15) is 0 Å². The number of halogens is 1. The quantitative estimate of drug-likeness (QED) is 0.903. The summed E-state index contributed by atoms with van der Waals surface area (Å²) in [6, 6.07) is 7.52. The average molecular weight is 268 g/mol. The van der Waals surface area contributed by atoms with Gasteiger partial charge >= 0.3 is 0 Å². The van der Waals surface area contributed by atoms with Crippen LogP contribution in [-0.2, 0) is 0 Å². The van der Waals surface area contributed by atoms with Crippen molar-refractivity contribution in [3.05, 3.63) is 34.9 Å². The van der Waals surface area contributed by atoms with E-state index in [1.807, 2.05) is 24.3 Å². The van der Waals surface area contributed by atoms with E-state index in [-0.39, 0.29) is 0 Å². The molecule has 2 rings (SSSR count). The highest BCUT2D eigenvalue weighted by Crippen LogP contribution is 2.22. The van der Waals surface area contributed by atoms with Crippen LogP contribution in [0.1, 0.15) is 37.9 Å². The van der Waals surface area contributed by atoms with Gasteiger partial charge in [0.2, 0.25) is 0 Å². The van der Waals surface area contributed by atoms with E-state index in [2.05, 4.69) is 11.8 Å². The van der Waals surface area contributed by atoms with Gasteiger partial charge in [0.05, 0.1) is 6.10 Å². The first-order chi connectivity index (χ1) is 8.65. The molecule has 3 heteroatoms. The Morgan fingerprint density at radius 3 is 3.06 bits per heavy atom.